The van der Waals surface area contributed by atoms with E-state index in [0.29, 0.717) is 6.61 Å². The standard InChI is InChI=1S/C6H13N3O2.C6H8O6/c1-3-11-5(10)4-9(2)6(7)8;7-1-2(8)5-3(9)4(10)6(11)12-5/h3-4H2,1-2H3,(H3,7,8);2,5,7-10H,1H2/t;2-,5+/m.0/s1. The third-order valence-corrected chi connectivity index (χ3v) is 2.56. The zero-order valence-electron chi connectivity index (χ0n) is 12.7. The van der Waals surface area contributed by atoms with Crippen molar-refractivity contribution in [1.29, 1.82) is 5.41 Å². The smallest absolute Gasteiger partial charge is 0.377 e. The van der Waals surface area contributed by atoms with Gasteiger partial charge in [0, 0.05) is 7.05 Å². The summed E-state index contributed by atoms with van der Waals surface area (Å²) in [6, 6.07) is 0. The molecule has 0 aromatic rings. The normalized spacial score (nSPS) is 17.7. The average molecular weight is 335 g/mol. The second-order valence-electron chi connectivity index (χ2n) is 4.36. The summed E-state index contributed by atoms with van der Waals surface area (Å²) >= 11 is 0. The zero-order valence-corrected chi connectivity index (χ0v) is 12.7. The molecule has 11 nitrogen and oxygen atoms in total. The topological polar surface area (TPSA) is 187 Å². The van der Waals surface area contributed by atoms with Crippen molar-refractivity contribution in [3.05, 3.63) is 11.5 Å². The Morgan fingerprint density at radius 2 is 2.09 bits per heavy atom. The molecule has 2 atom stereocenters. The molecule has 1 aliphatic rings. The molecule has 7 N–H and O–H groups in total. The van der Waals surface area contributed by atoms with Crippen molar-refractivity contribution in [3.8, 4) is 0 Å². The SMILES string of the molecule is CCOC(=O)CN(C)C(=N)N.O=C1O[C@H]([C@@H](O)CO)C(O)=C1O. The number of carbonyl (C=O) groups excluding carboxylic acids is 2. The Hall–Kier alpha value is -2.53. The summed E-state index contributed by atoms with van der Waals surface area (Å²) in [6.45, 7) is 1.44. The maximum absolute atomic E-state index is 10.7. The molecule has 1 heterocycles. The van der Waals surface area contributed by atoms with Crippen LogP contribution in [0.2, 0.25) is 0 Å². The number of aliphatic hydroxyl groups is 4. The predicted octanol–water partition coefficient (Wildman–Crippen LogP) is -2.03. The van der Waals surface area contributed by atoms with Gasteiger partial charge in [0.25, 0.3) is 0 Å². The van der Waals surface area contributed by atoms with Crippen LogP contribution in [0.15, 0.2) is 11.5 Å². The van der Waals surface area contributed by atoms with Crippen LogP contribution in [-0.2, 0) is 19.1 Å². The molecule has 132 valence electrons. The Morgan fingerprint density at radius 1 is 1.52 bits per heavy atom. The number of hydrogen-bond donors (Lipinski definition) is 6. The quantitative estimate of drug-likeness (QED) is 0.186. The molecule has 0 saturated heterocycles. The summed E-state index contributed by atoms with van der Waals surface area (Å²) in [6.07, 6.45) is -2.78. The van der Waals surface area contributed by atoms with Gasteiger partial charge in [-0.15, -0.1) is 0 Å². The monoisotopic (exact) mass is 335 g/mol. The van der Waals surface area contributed by atoms with Gasteiger partial charge in [0.1, 0.15) is 12.6 Å². The molecular formula is C12H21N3O8. The van der Waals surface area contributed by atoms with Crippen LogP contribution in [0.3, 0.4) is 0 Å². The molecule has 0 aliphatic carbocycles. The van der Waals surface area contributed by atoms with E-state index in [9.17, 15) is 9.59 Å². The fraction of sp³-hybridized carbons (Fsp3) is 0.583. The van der Waals surface area contributed by atoms with Gasteiger partial charge in [0.2, 0.25) is 5.76 Å². The average Bonchev–Trinajstić information content (AvgIpc) is 2.74. The van der Waals surface area contributed by atoms with Gasteiger partial charge in [-0.3, -0.25) is 10.2 Å². The number of aliphatic hydroxyl groups excluding tert-OH is 4. The number of guanidine groups is 1. The number of cyclic esters (lactones) is 1. The van der Waals surface area contributed by atoms with Gasteiger partial charge >= 0.3 is 11.9 Å². The summed E-state index contributed by atoms with van der Waals surface area (Å²) in [4.78, 5) is 22.6. The first-order valence-electron chi connectivity index (χ1n) is 6.48. The Bertz CT molecular complexity index is 479. The molecule has 23 heavy (non-hydrogen) atoms. The maximum Gasteiger partial charge on any atom is 0.377 e. The van der Waals surface area contributed by atoms with Gasteiger partial charge in [-0.1, -0.05) is 0 Å². The number of carbonyl (C=O) groups is 2. The van der Waals surface area contributed by atoms with Crippen LogP contribution in [0, 0.1) is 5.41 Å². The van der Waals surface area contributed by atoms with Gasteiger partial charge in [0.05, 0.1) is 13.2 Å². The van der Waals surface area contributed by atoms with E-state index in [1.807, 2.05) is 0 Å². The number of esters is 2. The van der Waals surface area contributed by atoms with E-state index in [2.05, 4.69) is 9.47 Å². The predicted molar refractivity (Wildman–Crippen MR) is 76.4 cm³/mol. The summed E-state index contributed by atoms with van der Waals surface area (Å²) in [5.74, 6) is -3.29. The highest BCUT2D eigenvalue weighted by molar-refractivity contribution is 5.89. The highest BCUT2D eigenvalue weighted by Gasteiger charge is 2.38. The molecule has 0 bridgehead atoms. The lowest BCUT2D eigenvalue weighted by Crippen LogP contribution is -2.37. The second-order valence-corrected chi connectivity index (χ2v) is 4.36. The van der Waals surface area contributed by atoms with Crippen LogP contribution < -0.4 is 5.73 Å². The Labute approximate surface area is 132 Å². The Morgan fingerprint density at radius 3 is 2.43 bits per heavy atom. The van der Waals surface area contributed by atoms with Crippen LogP contribution in [0.5, 0.6) is 0 Å². The lowest BCUT2D eigenvalue weighted by Gasteiger charge is -2.14. The highest BCUT2D eigenvalue weighted by Crippen LogP contribution is 2.20. The highest BCUT2D eigenvalue weighted by atomic mass is 16.6. The second kappa shape index (κ2) is 9.48. The molecular weight excluding hydrogens is 314 g/mol. The minimum Gasteiger partial charge on any atom is -0.505 e. The molecule has 0 unspecified atom stereocenters. The first-order chi connectivity index (χ1) is 10.6. The van der Waals surface area contributed by atoms with Crippen molar-refractivity contribution in [3.63, 3.8) is 0 Å². The van der Waals surface area contributed by atoms with E-state index in [0.717, 1.165) is 0 Å². The molecule has 0 spiro atoms. The van der Waals surface area contributed by atoms with Crippen LogP contribution in [-0.4, -0.2) is 82.2 Å². The zero-order chi connectivity index (χ0) is 18.2. The molecule has 0 aromatic carbocycles. The summed E-state index contributed by atoms with van der Waals surface area (Å²) < 4.78 is 8.95. The van der Waals surface area contributed by atoms with Crippen LogP contribution in [0.1, 0.15) is 6.92 Å². The van der Waals surface area contributed by atoms with E-state index in [4.69, 9.17) is 31.6 Å². The number of nitrogens with two attached hydrogens (primary N) is 1. The molecule has 0 aromatic heterocycles. The van der Waals surface area contributed by atoms with Gasteiger partial charge in [-0.2, -0.15) is 0 Å². The molecule has 0 saturated carbocycles. The number of nitrogens with zero attached hydrogens (tertiary/aromatic N) is 1. The number of likely N-dealkylation sites (N-methyl/N-ethyl adjacent to an activating group) is 1. The van der Waals surface area contributed by atoms with Gasteiger partial charge < -0.3 is 40.5 Å². The van der Waals surface area contributed by atoms with Crippen molar-refractivity contribution >= 4 is 17.9 Å². The molecule has 0 amide bonds. The van der Waals surface area contributed by atoms with E-state index >= 15 is 0 Å². The molecule has 0 radical (unpaired) electrons. The van der Waals surface area contributed by atoms with Crippen molar-refractivity contribution in [2.45, 2.75) is 19.1 Å². The first-order valence-corrected chi connectivity index (χ1v) is 6.48. The van der Waals surface area contributed by atoms with E-state index < -0.39 is 36.3 Å². The molecule has 1 rings (SSSR count). The van der Waals surface area contributed by atoms with E-state index in [1.165, 1.54) is 4.90 Å². The third-order valence-electron chi connectivity index (χ3n) is 2.56. The molecule has 0 fully saturated rings. The fourth-order valence-corrected chi connectivity index (χ4v) is 1.31. The summed E-state index contributed by atoms with van der Waals surface area (Å²) in [5, 5.41) is 42.0. The molecule has 1 aliphatic heterocycles. The van der Waals surface area contributed by atoms with Gasteiger partial charge in [-0.25, -0.2) is 4.79 Å². The van der Waals surface area contributed by atoms with E-state index in [1.54, 1.807) is 14.0 Å². The third kappa shape index (κ3) is 6.40. The van der Waals surface area contributed by atoms with Crippen molar-refractivity contribution < 1.29 is 39.5 Å². The summed E-state index contributed by atoms with van der Waals surface area (Å²) in [5.41, 5.74) is 5.08. The lowest BCUT2D eigenvalue weighted by atomic mass is 10.2. The van der Waals surface area contributed by atoms with Crippen molar-refractivity contribution in [1.82, 2.24) is 4.90 Å². The van der Waals surface area contributed by atoms with Crippen LogP contribution in [0.25, 0.3) is 0 Å². The minimum atomic E-state index is -1.42. The number of rotatable bonds is 5. The van der Waals surface area contributed by atoms with Crippen LogP contribution >= 0.6 is 0 Å². The van der Waals surface area contributed by atoms with Crippen LogP contribution in [0.4, 0.5) is 0 Å². The molecule has 11 heteroatoms. The van der Waals surface area contributed by atoms with Crippen molar-refractivity contribution in [2.75, 3.05) is 26.8 Å². The Balaban J connectivity index is 0.000000423. The largest absolute Gasteiger partial charge is 0.505 e. The number of ether oxygens (including phenoxy) is 2. The van der Waals surface area contributed by atoms with Gasteiger partial charge in [-0.05, 0) is 6.92 Å². The fourth-order valence-electron chi connectivity index (χ4n) is 1.31. The van der Waals surface area contributed by atoms with Gasteiger partial charge in [0.15, 0.2) is 17.8 Å². The number of hydrogen-bond acceptors (Lipinski definition) is 9. The Kier molecular flexibility index (Phi) is 8.44. The first kappa shape index (κ1) is 20.5. The maximum atomic E-state index is 10.7. The lowest BCUT2D eigenvalue weighted by molar-refractivity contribution is -0.147. The number of nitrogens with one attached hydrogen (secondary N) is 1. The summed E-state index contributed by atoms with van der Waals surface area (Å²) in [7, 11) is 1.55. The minimum absolute atomic E-state index is 0.0309. The van der Waals surface area contributed by atoms with E-state index in [-0.39, 0.29) is 18.5 Å². The van der Waals surface area contributed by atoms with Crippen molar-refractivity contribution in [2.24, 2.45) is 5.73 Å².